The third kappa shape index (κ3) is 6.58. The third-order valence-electron chi connectivity index (χ3n) is 10.1. The zero-order valence-electron chi connectivity index (χ0n) is 30.0. The molecule has 0 aliphatic heterocycles. The van der Waals surface area contributed by atoms with Crippen molar-refractivity contribution in [3.05, 3.63) is 212 Å². The molecule has 55 heavy (non-hydrogen) atoms. The Labute approximate surface area is 320 Å². The van der Waals surface area contributed by atoms with Gasteiger partial charge in [0.25, 0.3) is 0 Å². The summed E-state index contributed by atoms with van der Waals surface area (Å²) < 4.78 is 0. The number of aromatic nitrogens is 1. The molecule has 2 N–H and O–H groups in total. The second kappa shape index (κ2) is 14.9. The van der Waals surface area contributed by atoms with Gasteiger partial charge in [-0.15, -0.1) is 0 Å². The number of rotatable bonds is 6. The van der Waals surface area contributed by atoms with E-state index in [-0.39, 0.29) is 0 Å². The Morgan fingerprint density at radius 3 is 1.53 bits per heavy atom. The third-order valence-corrected chi connectivity index (χ3v) is 10.1. The topological polar surface area (TPSA) is 61.1 Å². The summed E-state index contributed by atoms with van der Waals surface area (Å²) in [6.07, 6.45) is 9.66. The van der Waals surface area contributed by atoms with E-state index in [2.05, 4.69) is 173 Å². The van der Waals surface area contributed by atoms with E-state index < -0.39 is 0 Å². The number of allylic oxidation sites excluding steroid dienone is 4. The van der Waals surface area contributed by atoms with Crippen molar-refractivity contribution in [2.75, 3.05) is 5.43 Å². The lowest BCUT2D eigenvalue weighted by atomic mass is 9.84. The van der Waals surface area contributed by atoms with Crippen molar-refractivity contribution < 1.29 is 0 Å². The number of hydrazone groups is 1. The van der Waals surface area contributed by atoms with Gasteiger partial charge >= 0.3 is 0 Å². The van der Waals surface area contributed by atoms with Gasteiger partial charge < -0.3 is 0 Å². The van der Waals surface area contributed by atoms with E-state index in [9.17, 15) is 0 Å². The maximum Gasteiger partial charge on any atom is 0.108 e. The van der Waals surface area contributed by atoms with Crippen LogP contribution in [0.1, 0.15) is 5.56 Å². The number of benzene rings is 6. The molecular formula is C51H36N4. The van der Waals surface area contributed by atoms with Crippen LogP contribution in [0.25, 0.3) is 71.3 Å². The molecule has 7 aromatic carbocycles. The van der Waals surface area contributed by atoms with Crippen molar-refractivity contribution in [2.24, 2.45) is 5.10 Å². The van der Waals surface area contributed by atoms with E-state index in [1.165, 1.54) is 21.9 Å². The van der Waals surface area contributed by atoms with E-state index in [0.29, 0.717) is 11.4 Å². The van der Waals surface area contributed by atoms with Gasteiger partial charge in [-0.25, -0.2) is 0 Å². The lowest BCUT2D eigenvalue weighted by Gasteiger charge is -2.19. The van der Waals surface area contributed by atoms with Gasteiger partial charge in [0.1, 0.15) is 5.71 Å². The highest BCUT2D eigenvalue weighted by molar-refractivity contribution is 6.52. The summed E-state index contributed by atoms with van der Waals surface area (Å²) in [6, 6.07) is 61.2. The fraction of sp³-hybridized carbons (Fsp3) is 0. The first-order valence-corrected chi connectivity index (χ1v) is 18.4. The average Bonchev–Trinajstić information content (AvgIpc) is 3.24. The monoisotopic (exact) mass is 704 g/mol. The molecule has 0 bridgehead atoms. The van der Waals surface area contributed by atoms with Crippen molar-refractivity contribution in [3.63, 3.8) is 0 Å². The van der Waals surface area contributed by atoms with Gasteiger partial charge in [0.2, 0.25) is 0 Å². The van der Waals surface area contributed by atoms with Crippen molar-refractivity contribution in [1.82, 2.24) is 4.98 Å². The normalized spacial score (nSPS) is 13.2. The molecule has 0 spiro atoms. The second-order valence-electron chi connectivity index (χ2n) is 13.5. The van der Waals surface area contributed by atoms with E-state index in [1.54, 1.807) is 6.20 Å². The van der Waals surface area contributed by atoms with Crippen LogP contribution in [0.4, 0.5) is 5.69 Å². The molecule has 4 heteroatoms. The number of nitrogens with zero attached hydrogens (tertiary/aromatic N) is 2. The summed E-state index contributed by atoms with van der Waals surface area (Å²) in [7, 11) is 0. The van der Waals surface area contributed by atoms with Crippen LogP contribution in [0, 0.1) is 5.41 Å². The highest BCUT2D eigenvalue weighted by Gasteiger charge is 2.19. The lowest BCUT2D eigenvalue weighted by molar-refractivity contribution is 1.33. The molecule has 1 aliphatic carbocycles. The molecule has 0 atom stereocenters. The molecule has 0 fully saturated rings. The van der Waals surface area contributed by atoms with Gasteiger partial charge in [0.15, 0.2) is 0 Å². The van der Waals surface area contributed by atoms with Crippen LogP contribution >= 0.6 is 0 Å². The lowest BCUT2D eigenvalue weighted by Crippen LogP contribution is -2.13. The van der Waals surface area contributed by atoms with Gasteiger partial charge in [0, 0.05) is 18.0 Å². The van der Waals surface area contributed by atoms with Crippen LogP contribution in [-0.4, -0.2) is 16.4 Å². The number of hydrogen-bond donors (Lipinski definition) is 2. The zero-order chi connectivity index (χ0) is 37.0. The van der Waals surface area contributed by atoms with Gasteiger partial charge in [-0.05, 0) is 102 Å². The maximum atomic E-state index is 9.05. The standard InChI is InChI=1S/C51H36N4/c52-48-33-37(51-46-24-12-10-22-44(46)50(36-15-4-3-5-16-36)45-23-11-13-25-47(45)51)28-31-49(48)55-54-39-29-26-35(27-30-39)40-18-6-1-2-7-19-41(38-17-14-32-53-34-38)43-21-9-8-20-42(40)43/h1-34,52,54H/b2-1?,6-1?,7-2?,18-6?,19-7?,40-18?,41-19?,42-40?,43-41?,52-48?,55-49-. The number of fused-ring (bicyclic) bond motifs is 3. The summed E-state index contributed by atoms with van der Waals surface area (Å²) in [5, 5.41) is 20.7. The predicted octanol–water partition coefficient (Wildman–Crippen LogP) is 13.1. The fourth-order valence-corrected chi connectivity index (χ4v) is 7.58. The van der Waals surface area contributed by atoms with Gasteiger partial charge in [-0.2, -0.15) is 5.10 Å². The smallest absolute Gasteiger partial charge is 0.108 e. The second-order valence-corrected chi connectivity index (χ2v) is 13.5. The van der Waals surface area contributed by atoms with Gasteiger partial charge in [-0.1, -0.05) is 164 Å². The Hall–Kier alpha value is -7.43. The summed E-state index contributed by atoms with van der Waals surface area (Å²) in [4.78, 5) is 4.39. The van der Waals surface area contributed by atoms with E-state index >= 15 is 0 Å². The average molecular weight is 705 g/mol. The molecule has 1 aliphatic rings. The van der Waals surface area contributed by atoms with Crippen LogP contribution in [0.15, 0.2) is 212 Å². The molecule has 1 aromatic heterocycles. The minimum Gasteiger partial charge on any atom is -0.299 e. The van der Waals surface area contributed by atoms with Gasteiger partial charge in [0.05, 0.1) is 11.4 Å². The number of nitrogens with one attached hydrogen (secondary N) is 2. The molecule has 0 saturated heterocycles. The zero-order valence-corrected chi connectivity index (χ0v) is 30.0. The Kier molecular flexibility index (Phi) is 9.05. The summed E-state index contributed by atoms with van der Waals surface area (Å²) in [6.45, 7) is 0. The Morgan fingerprint density at radius 2 is 0.945 bits per heavy atom. The minimum absolute atomic E-state index is 0.350. The van der Waals surface area contributed by atoms with Crippen LogP contribution in [0.2, 0.25) is 0 Å². The van der Waals surface area contributed by atoms with Crippen molar-refractivity contribution in [1.29, 1.82) is 5.41 Å². The number of pyridine rings is 1. The molecule has 1 heterocycles. The Morgan fingerprint density at radius 1 is 0.436 bits per heavy atom. The van der Waals surface area contributed by atoms with Gasteiger partial charge in [-0.3, -0.25) is 15.8 Å². The fourth-order valence-electron chi connectivity index (χ4n) is 7.58. The Balaban J connectivity index is 1.03. The first kappa shape index (κ1) is 33.4. The largest absolute Gasteiger partial charge is 0.299 e. The Bertz CT molecular complexity index is 2830. The first-order valence-electron chi connectivity index (χ1n) is 18.4. The predicted molar refractivity (Wildman–Crippen MR) is 233 cm³/mol. The highest BCUT2D eigenvalue weighted by atomic mass is 15.3. The number of anilines is 1. The van der Waals surface area contributed by atoms with E-state index in [4.69, 9.17) is 5.41 Å². The van der Waals surface area contributed by atoms with E-state index in [1.807, 2.05) is 42.6 Å². The van der Waals surface area contributed by atoms with Crippen LogP contribution in [0.3, 0.4) is 0 Å². The minimum atomic E-state index is 0.350. The van der Waals surface area contributed by atoms with Crippen molar-refractivity contribution in [3.8, 4) is 33.4 Å². The van der Waals surface area contributed by atoms with Crippen molar-refractivity contribution >= 4 is 55.0 Å². The van der Waals surface area contributed by atoms with Crippen LogP contribution < -0.4 is 5.43 Å². The van der Waals surface area contributed by atoms with Crippen LogP contribution in [-0.2, 0) is 0 Å². The van der Waals surface area contributed by atoms with Crippen LogP contribution in [0.5, 0.6) is 0 Å². The highest BCUT2D eigenvalue weighted by Crippen LogP contribution is 2.42. The van der Waals surface area contributed by atoms with Crippen molar-refractivity contribution in [2.45, 2.75) is 0 Å². The first-order chi connectivity index (χ1) is 27.2. The molecule has 0 amide bonds. The maximum absolute atomic E-state index is 9.05. The van der Waals surface area contributed by atoms with E-state index in [0.717, 1.165) is 60.6 Å². The quantitative estimate of drug-likeness (QED) is 0.103. The summed E-state index contributed by atoms with van der Waals surface area (Å²) in [5.74, 6) is 0. The molecule has 4 nitrogen and oxygen atoms in total. The molecule has 0 unspecified atom stereocenters. The summed E-state index contributed by atoms with van der Waals surface area (Å²) in [5.41, 5.74) is 13.9. The molecule has 8 aromatic rings. The SMILES string of the molecule is N=C1C=C(c2c3ccccc3c(-c3ccccc3)c3ccccc23)C=C/C1=N/Nc1ccc(-c2ccccccc(-c3cccnc3)c3ccccc23)cc1. The summed E-state index contributed by atoms with van der Waals surface area (Å²) >= 11 is 0. The molecule has 0 saturated carbocycles. The number of hydrogen-bond acceptors (Lipinski definition) is 4. The molecule has 9 rings (SSSR count). The molecule has 260 valence electrons. The molecular weight excluding hydrogens is 669 g/mol. The molecule has 0 radical (unpaired) electrons.